The van der Waals surface area contributed by atoms with E-state index in [9.17, 15) is 14.9 Å². The van der Waals surface area contributed by atoms with Gasteiger partial charge in [0.15, 0.2) is 0 Å². The molecule has 1 fully saturated rings. The van der Waals surface area contributed by atoms with Crippen molar-refractivity contribution in [2.24, 2.45) is 17.4 Å². The molecule has 1 aliphatic heterocycles. The second-order valence-corrected chi connectivity index (χ2v) is 5.18. The van der Waals surface area contributed by atoms with Crippen LogP contribution in [0.2, 0.25) is 0 Å². The van der Waals surface area contributed by atoms with Crippen molar-refractivity contribution in [3.05, 3.63) is 33.9 Å². The number of nitro benzene ring substituents is 1. The molecule has 7 heteroatoms. The molecule has 1 aromatic rings. The van der Waals surface area contributed by atoms with Crippen LogP contribution < -0.4 is 16.4 Å². The number of primary amides is 1. The Hall–Kier alpha value is -2.15. The zero-order chi connectivity index (χ0) is 14.9. The van der Waals surface area contributed by atoms with Crippen molar-refractivity contribution in [1.29, 1.82) is 0 Å². The molecule has 1 aromatic carbocycles. The molecule has 1 aliphatic rings. The fraction of sp³-hybridized carbons (Fsp3) is 0.462. The van der Waals surface area contributed by atoms with Crippen LogP contribution in [0.15, 0.2) is 18.2 Å². The summed E-state index contributed by atoms with van der Waals surface area (Å²) in [6, 6.07) is 4.29. The Morgan fingerprint density at radius 2 is 2.25 bits per heavy atom. The van der Waals surface area contributed by atoms with Crippen molar-refractivity contribution >= 4 is 17.3 Å². The number of amides is 1. The number of hydrogen-bond acceptors (Lipinski definition) is 5. The molecular formula is C13H18N4O3. The van der Waals surface area contributed by atoms with Gasteiger partial charge >= 0.3 is 0 Å². The first kappa shape index (κ1) is 14.3. The van der Waals surface area contributed by atoms with Crippen LogP contribution in [0.4, 0.5) is 11.4 Å². The average molecular weight is 278 g/mol. The zero-order valence-corrected chi connectivity index (χ0v) is 11.3. The van der Waals surface area contributed by atoms with E-state index in [2.05, 4.69) is 0 Å². The zero-order valence-electron chi connectivity index (χ0n) is 11.3. The van der Waals surface area contributed by atoms with Crippen molar-refractivity contribution in [3.63, 3.8) is 0 Å². The van der Waals surface area contributed by atoms with Crippen molar-refractivity contribution < 1.29 is 9.72 Å². The lowest BCUT2D eigenvalue weighted by molar-refractivity contribution is -0.384. The van der Waals surface area contributed by atoms with E-state index in [-0.39, 0.29) is 17.3 Å². The molecule has 4 N–H and O–H groups in total. The summed E-state index contributed by atoms with van der Waals surface area (Å²) in [5, 5.41) is 10.8. The number of carbonyl (C=O) groups excluding carboxylic acids is 1. The van der Waals surface area contributed by atoms with Gasteiger partial charge in [0.25, 0.3) is 11.6 Å². The van der Waals surface area contributed by atoms with Crippen molar-refractivity contribution in [3.8, 4) is 0 Å². The van der Waals surface area contributed by atoms with Gasteiger partial charge in [-0.15, -0.1) is 0 Å². The number of nitrogens with two attached hydrogens (primary N) is 2. The van der Waals surface area contributed by atoms with E-state index in [4.69, 9.17) is 11.5 Å². The summed E-state index contributed by atoms with van der Waals surface area (Å²) in [5.41, 5.74) is 11.9. The highest BCUT2D eigenvalue weighted by Gasteiger charge is 2.28. The minimum absolute atomic E-state index is 0.0788. The molecule has 2 rings (SSSR count). The third-order valence-corrected chi connectivity index (χ3v) is 3.77. The number of benzene rings is 1. The maximum atomic E-state index is 11.5. The summed E-state index contributed by atoms with van der Waals surface area (Å²) in [6.07, 6.45) is 0.937. The monoisotopic (exact) mass is 278 g/mol. The van der Waals surface area contributed by atoms with Crippen LogP contribution in [0.5, 0.6) is 0 Å². The number of hydrogen-bond donors (Lipinski definition) is 2. The van der Waals surface area contributed by atoms with Crippen LogP contribution in [0.1, 0.15) is 23.7 Å². The Kier molecular flexibility index (Phi) is 3.89. The van der Waals surface area contributed by atoms with Gasteiger partial charge in [-0.05, 0) is 25.3 Å². The molecule has 2 unspecified atom stereocenters. The lowest BCUT2D eigenvalue weighted by Crippen LogP contribution is -2.30. The molecule has 108 valence electrons. The third-order valence-electron chi connectivity index (χ3n) is 3.77. The van der Waals surface area contributed by atoms with E-state index < -0.39 is 10.8 Å². The minimum Gasteiger partial charge on any atom is -0.371 e. The van der Waals surface area contributed by atoms with Gasteiger partial charge in [0.2, 0.25) is 0 Å². The summed E-state index contributed by atoms with van der Waals surface area (Å²) >= 11 is 0. The molecule has 0 saturated carbocycles. The van der Waals surface area contributed by atoms with Gasteiger partial charge in [-0.3, -0.25) is 14.9 Å². The van der Waals surface area contributed by atoms with Gasteiger partial charge < -0.3 is 16.4 Å². The van der Waals surface area contributed by atoms with Crippen LogP contribution in [-0.4, -0.2) is 30.0 Å². The molecule has 0 aliphatic carbocycles. The molecule has 20 heavy (non-hydrogen) atoms. The molecule has 0 aromatic heterocycles. The normalized spacial score (nSPS) is 19.9. The summed E-state index contributed by atoms with van der Waals surface area (Å²) in [4.78, 5) is 23.8. The largest absolute Gasteiger partial charge is 0.371 e. The first-order chi connectivity index (χ1) is 9.40. The molecule has 1 saturated heterocycles. The van der Waals surface area contributed by atoms with Crippen molar-refractivity contribution in [1.82, 2.24) is 0 Å². The van der Waals surface area contributed by atoms with Gasteiger partial charge in [-0.25, -0.2) is 0 Å². The molecule has 2 atom stereocenters. The quantitative estimate of drug-likeness (QED) is 0.626. The van der Waals surface area contributed by atoms with E-state index in [1.165, 1.54) is 12.1 Å². The molecule has 0 bridgehead atoms. The van der Waals surface area contributed by atoms with E-state index >= 15 is 0 Å². The van der Waals surface area contributed by atoms with Gasteiger partial charge in [0, 0.05) is 31.3 Å². The lowest BCUT2D eigenvalue weighted by Gasteiger charge is -2.21. The van der Waals surface area contributed by atoms with E-state index in [0.717, 1.165) is 19.5 Å². The number of nitro groups is 1. The lowest BCUT2D eigenvalue weighted by atomic mass is 10.0. The van der Waals surface area contributed by atoms with E-state index in [0.29, 0.717) is 11.6 Å². The second kappa shape index (κ2) is 5.46. The number of nitrogens with zero attached hydrogens (tertiary/aromatic N) is 2. The Morgan fingerprint density at radius 3 is 2.75 bits per heavy atom. The number of rotatable bonds is 4. The maximum absolute atomic E-state index is 11.5. The van der Waals surface area contributed by atoms with Crippen LogP contribution in [-0.2, 0) is 0 Å². The molecule has 0 spiro atoms. The Labute approximate surface area is 116 Å². The summed E-state index contributed by atoms with van der Waals surface area (Å²) in [7, 11) is 0. The van der Waals surface area contributed by atoms with Gasteiger partial charge in [0.05, 0.1) is 16.2 Å². The van der Waals surface area contributed by atoms with Gasteiger partial charge in [-0.2, -0.15) is 0 Å². The Morgan fingerprint density at radius 1 is 1.55 bits per heavy atom. The van der Waals surface area contributed by atoms with Crippen LogP contribution in [0.3, 0.4) is 0 Å². The average Bonchev–Trinajstić information content (AvgIpc) is 2.87. The Balaban J connectivity index is 2.32. The number of non-ortho nitro benzene ring substituents is 1. The molecule has 0 radical (unpaired) electrons. The molecule has 1 amide bonds. The summed E-state index contributed by atoms with van der Waals surface area (Å²) in [6.45, 7) is 3.46. The fourth-order valence-electron chi connectivity index (χ4n) is 2.55. The van der Waals surface area contributed by atoms with E-state index in [1.54, 1.807) is 6.07 Å². The smallest absolute Gasteiger partial charge is 0.270 e. The standard InChI is InChI=1S/C13H18N4O3/c1-8(14)9-4-5-16(7-9)12-3-2-10(17(19)20)6-11(12)13(15)18/h2-3,6,8-9H,4-5,7,14H2,1H3,(H2,15,18). The van der Waals surface area contributed by atoms with E-state index in [1.807, 2.05) is 11.8 Å². The molecular weight excluding hydrogens is 260 g/mol. The summed E-state index contributed by atoms with van der Waals surface area (Å²) in [5.74, 6) is -0.307. The van der Waals surface area contributed by atoms with Crippen LogP contribution in [0, 0.1) is 16.0 Å². The maximum Gasteiger partial charge on any atom is 0.270 e. The number of carbonyl (C=O) groups is 1. The van der Waals surface area contributed by atoms with Gasteiger partial charge in [-0.1, -0.05) is 0 Å². The minimum atomic E-state index is -0.659. The predicted octanol–water partition coefficient (Wildman–Crippen LogP) is 0.867. The highest BCUT2D eigenvalue weighted by Crippen LogP contribution is 2.30. The van der Waals surface area contributed by atoms with Crippen molar-refractivity contribution in [2.75, 3.05) is 18.0 Å². The molecule has 1 heterocycles. The third kappa shape index (κ3) is 2.72. The SMILES string of the molecule is CC(N)C1CCN(c2ccc([N+](=O)[O-])cc2C(N)=O)C1. The Bertz CT molecular complexity index is 544. The van der Waals surface area contributed by atoms with Crippen LogP contribution >= 0.6 is 0 Å². The fourth-order valence-corrected chi connectivity index (χ4v) is 2.55. The predicted molar refractivity (Wildman–Crippen MR) is 75.6 cm³/mol. The first-order valence-electron chi connectivity index (χ1n) is 6.49. The highest BCUT2D eigenvalue weighted by molar-refractivity contribution is 5.99. The first-order valence-corrected chi connectivity index (χ1v) is 6.49. The second-order valence-electron chi connectivity index (χ2n) is 5.18. The van der Waals surface area contributed by atoms with Crippen molar-refractivity contribution in [2.45, 2.75) is 19.4 Å². The van der Waals surface area contributed by atoms with Crippen LogP contribution in [0.25, 0.3) is 0 Å². The van der Waals surface area contributed by atoms with Gasteiger partial charge in [0.1, 0.15) is 0 Å². The number of anilines is 1. The molecule has 7 nitrogen and oxygen atoms in total. The highest BCUT2D eigenvalue weighted by atomic mass is 16.6. The topological polar surface area (TPSA) is 115 Å². The summed E-state index contributed by atoms with van der Waals surface area (Å²) < 4.78 is 0.